The van der Waals surface area contributed by atoms with Gasteiger partial charge in [-0.15, -0.1) is 5.11 Å². The molecule has 0 aliphatic heterocycles. The third kappa shape index (κ3) is 5.11. The van der Waals surface area contributed by atoms with E-state index in [1.807, 2.05) is 41.5 Å². The predicted molar refractivity (Wildman–Crippen MR) is 112 cm³/mol. The van der Waals surface area contributed by atoms with Gasteiger partial charge >= 0.3 is 5.69 Å². The number of Topliss-reactive ketones (excluding diaryl/α,β-unsaturated/α-hetero) is 1. The minimum Gasteiger partial charge on any atom is -0.289 e. The van der Waals surface area contributed by atoms with E-state index in [-0.39, 0.29) is 22.3 Å². The van der Waals surface area contributed by atoms with Crippen molar-refractivity contribution in [1.29, 1.82) is 0 Å². The van der Waals surface area contributed by atoms with Crippen LogP contribution in [0.5, 0.6) is 0 Å². The van der Waals surface area contributed by atoms with E-state index in [1.165, 1.54) is 12.3 Å². The van der Waals surface area contributed by atoms with Crippen molar-refractivity contribution in [1.82, 2.24) is 0 Å². The third-order valence-corrected chi connectivity index (χ3v) is 4.47. The van der Waals surface area contributed by atoms with Crippen LogP contribution in [-0.4, -0.2) is 15.6 Å². The molecule has 158 valence electrons. The van der Waals surface area contributed by atoms with Crippen LogP contribution < -0.4 is 0 Å². The summed E-state index contributed by atoms with van der Waals surface area (Å²) in [6.07, 6.45) is 4.89. The molecule has 0 saturated heterocycles. The molecule has 1 aromatic carbocycles. The van der Waals surface area contributed by atoms with E-state index in [0.29, 0.717) is 16.7 Å². The van der Waals surface area contributed by atoms with E-state index in [1.54, 1.807) is 12.2 Å². The first-order valence-corrected chi connectivity index (χ1v) is 9.24. The van der Waals surface area contributed by atoms with Crippen molar-refractivity contribution in [2.24, 2.45) is 21.1 Å². The molecule has 1 aromatic rings. The largest absolute Gasteiger partial charge is 0.303 e. The lowest BCUT2D eigenvalue weighted by molar-refractivity contribution is -0.393. The molecule has 0 atom stereocenters. The van der Waals surface area contributed by atoms with E-state index in [9.17, 15) is 25.0 Å². The molecule has 30 heavy (non-hydrogen) atoms. The minimum atomic E-state index is -0.747. The van der Waals surface area contributed by atoms with Crippen LogP contribution in [0.3, 0.4) is 0 Å². The molecule has 0 fully saturated rings. The second-order valence-corrected chi connectivity index (χ2v) is 8.98. The molecule has 9 nitrogen and oxygen atoms in total. The van der Waals surface area contributed by atoms with Crippen molar-refractivity contribution in [3.63, 3.8) is 0 Å². The number of nitro groups is 2. The third-order valence-electron chi connectivity index (χ3n) is 4.47. The highest BCUT2D eigenvalue weighted by atomic mass is 16.6. The summed E-state index contributed by atoms with van der Waals surface area (Å²) < 4.78 is 0. The van der Waals surface area contributed by atoms with Crippen molar-refractivity contribution < 1.29 is 14.6 Å². The van der Waals surface area contributed by atoms with E-state index in [4.69, 9.17) is 0 Å². The maximum atomic E-state index is 12.9. The zero-order valence-electron chi connectivity index (χ0n) is 17.8. The topological polar surface area (TPSA) is 128 Å². The summed E-state index contributed by atoms with van der Waals surface area (Å²) in [5.74, 6) is -0.0184. The Bertz CT molecular complexity index is 998. The van der Waals surface area contributed by atoms with E-state index >= 15 is 0 Å². The molecule has 1 aliphatic carbocycles. The first-order chi connectivity index (χ1) is 13.7. The maximum Gasteiger partial charge on any atom is 0.303 e. The van der Waals surface area contributed by atoms with E-state index in [0.717, 1.165) is 12.1 Å². The lowest BCUT2D eigenvalue weighted by Gasteiger charge is -2.31. The Morgan fingerprint density at radius 2 is 1.43 bits per heavy atom. The first-order valence-electron chi connectivity index (χ1n) is 9.24. The Morgan fingerprint density at radius 1 is 0.900 bits per heavy atom. The number of rotatable bonds is 4. The number of hydrogen-bond acceptors (Lipinski definition) is 7. The number of azo groups is 1. The first kappa shape index (κ1) is 22.8. The number of nitro benzene ring substituents is 2. The second-order valence-electron chi connectivity index (χ2n) is 8.98. The van der Waals surface area contributed by atoms with Crippen LogP contribution in [0.4, 0.5) is 17.1 Å². The van der Waals surface area contributed by atoms with Crippen LogP contribution in [0.2, 0.25) is 0 Å². The summed E-state index contributed by atoms with van der Waals surface area (Å²) in [5.41, 5.74) is 0.134. The molecule has 0 aromatic heterocycles. The van der Waals surface area contributed by atoms with Gasteiger partial charge in [-0.2, -0.15) is 5.11 Å². The van der Waals surface area contributed by atoms with Gasteiger partial charge < -0.3 is 0 Å². The van der Waals surface area contributed by atoms with Gasteiger partial charge in [-0.25, -0.2) is 0 Å². The molecule has 0 amide bonds. The molecular weight excluding hydrogens is 388 g/mol. The molecular formula is C21H24N4O5. The Hall–Kier alpha value is -3.49. The standard InChI is InChI=1S/C21H24N4O5/c1-20(2,3)15-9-13(10-16(19(15)26)21(4,5)6)12-22-23-17-8-7-14(24(27)28)11-18(17)25(29)30/h7-12H,1-6H3. The molecule has 0 saturated carbocycles. The van der Waals surface area contributed by atoms with Gasteiger partial charge in [0.1, 0.15) is 0 Å². The number of hydrogen-bond donors (Lipinski definition) is 0. The van der Waals surface area contributed by atoms with Crippen molar-refractivity contribution in [2.75, 3.05) is 0 Å². The van der Waals surface area contributed by atoms with Crippen LogP contribution >= 0.6 is 0 Å². The predicted octanol–water partition coefficient (Wildman–Crippen LogP) is 6.00. The van der Waals surface area contributed by atoms with Crippen molar-refractivity contribution in [3.05, 3.63) is 73.5 Å². The summed E-state index contributed by atoms with van der Waals surface area (Å²) in [6.45, 7) is 11.7. The number of nitrogens with zero attached hydrogens (tertiary/aromatic N) is 4. The molecule has 1 aliphatic rings. The number of benzene rings is 1. The molecule has 0 radical (unpaired) electrons. The molecule has 0 bridgehead atoms. The van der Waals surface area contributed by atoms with Crippen LogP contribution in [0.25, 0.3) is 0 Å². The summed E-state index contributed by atoms with van der Waals surface area (Å²) >= 11 is 0. The number of carbonyl (C=O) groups excluding carboxylic acids is 1. The van der Waals surface area contributed by atoms with Gasteiger partial charge in [0, 0.05) is 17.2 Å². The molecule has 9 heteroatoms. The Kier molecular flexibility index (Phi) is 6.15. The number of allylic oxidation sites excluding steroid dienone is 5. The van der Waals surface area contributed by atoms with Gasteiger partial charge in [-0.05, 0) is 34.6 Å². The Balaban J connectivity index is 2.49. The van der Waals surface area contributed by atoms with Gasteiger partial charge in [0.15, 0.2) is 11.5 Å². The summed E-state index contributed by atoms with van der Waals surface area (Å²) in [4.78, 5) is 33.5. The lowest BCUT2D eigenvalue weighted by Crippen LogP contribution is -2.27. The molecule has 0 heterocycles. The lowest BCUT2D eigenvalue weighted by atomic mass is 9.72. The van der Waals surface area contributed by atoms with Crippen LogP contribution in [-0.2, 0) is 4.79 Å². The average Bonchev–Trinajstić information content (AvgIpc) is 2.60. The fourth-order valence-electron chi connectivity index (χ4n) is 2.85. The molecule has 2 rings (SSSR count). The summed E-state index contributed by atoms with van der Waals surface area (Å²) in [6, 6.07) is 3.15. The molecule has 0 spiro atoms. The van der Waals surface area contributed by atoms with Crippen LogP contribution in [0.15, 0.2) is 63.5 Å². The average molecular weight is 412 g/mol. The van der Waals surface area contributed by atoms with Crippen molar-refractivity contribution >= 4 is 22.8 Å². The normalized spacial score (nSPS) is 15.1. The zero-order chi connectivity index (χ0) is 22.9. The fourth-order valence-corrected chi connectivity index (χ4v) is 2.85. The zero-order valence-corrected chi connectivity index (χ0v) is 17.8. The highest BCUT2D eigenvalue weighted by molar-refractivity contribution is 6.11. The van der Waals surface area contributed by atoms with Gasteiger partial charge in [0.05, 0.1) is 22.1 Å². The van der Waals surface area contributed by atoms with E-state index in [2.05, 4.69) is 10.2 Å². The van der Waals surface area contributed by atoms with Gasteiger partial charge in [0.2, 0.25) is 0 Å². The fraction of sp³-hybridized carbons (Fsp3) is 0.381. The van der Waals surface area contributed by atoms with Crippen molar-refractivity contribution in [3.8, 4) is 0 Å². The monoisotopic (exact) mass is 412 g/mol. The molecule has 0 unspecified atom stereocenters. The minimum absolute atomic E-state index is 0.0184. The quantitative estimate of drug-likeness (QED) is 0.340. The van der Waals surface area contributed by atoms with Gasteiger partial charge in [-0.1, -0.05) is 41.5 Å². The smallest absolute Gasteiger partial charge is 0.289 e. The summed E-state index contributed by atoms with van der Waals surface area (Å²) in [7, 11) is 0. The summed E-state index contributed by atoms with van der Waals surface area (Å²) in [5, 5.41) is 29.8. The number of ketones is 1. The maximum absolute atomic E-state index is 12.9. The Morgan fingerprint density at radius 3 is 1.87 bits per heavy atom. The number of carbonyl (C=O) groups is 1. The van der Waals surface area contributed by atoms with E-state index < -0.39 is 21.2 Å². The number of non-ortho nitro benzene ring substituents is 1. The Labute approximate surface area is 174 Å². The molecule has 0 N–H and O–H groups in total. The van der Waals surface area contributed by atoms with Crippen LogP contribution in [0, 0.1) is 31.1 Å². The van der Waals surface area contributed by atoms with Gasteiger partial charge in [0.25, 0.3) is 5.69 Å². The highest BCUT2D eigenvalue weighted by Gasteiger charge is 2.34. The van der Waals surface area contributed by atoms with Crippen LogP contribution in [0.1, 0.15) is 41.5 Å². The second kappa shape index (κ2) is 8.10. The highest BCUT2D eigenvalue weighted by Crippen LogP contribution is 2.39. The van der Waals surface area contributed by atoms with Crippen molar-refractivity contribution in [2.45, 2.75) is 41.5 Å². The van der Waals surface area contributed by atoms with Gasteiger partial charge in [-0.3, -0.25) is 25.0 Å². The SMILES string of the molecule is CC(C)(C)C1=CC(=CN=Nc2ccc([N+](=O)[O-])cc2[N+](=O)[O-])C=C(C(C)(C)C)C1=O.